The fourth-order valence-corrected chi connectivity index (χ4v) is 3.43. The number of benzene rings is 1. The van der Waals surface area contributed by atoms with Gasteiger partial charge in [-0.15, -0.1) is 0 Å². The van der Waals surface area contributed by atoms with Crippen LogP contribution >= 0.6 is 0 Å². The quantitative estimate of drug-likeness (QED) is 0.394. The van der Waals surface area contributed by atoms with Gasteiger partial charge in [-0.1, -0.05) is 30.3 Å². The van der Waals surface area contributed by atoms with Crippen molar-refractivity contribution in [3.8, 4) is 0 Å². The molecule has 3 N–H and O–H groups in total. The zero-order valence-corrected chi connectivity index (χ0v) is 16.7. The van der Waals surface area contributed by atoms with Crippen LogP contribution in [0.5, 0.6) is 0 Å². The predicted molar refractivity (Wildman–Crippen MR) is 99.7 cm³/mol. The van der Waals surface area contributed by atoms with Gasteiger partial charge in [0.05, 0.1) is 0 Å². The average Bonchev–Trinajstić information content (AvgIpc) is 2.68. The summed E-state index contributed by atoms with van der Waals surface area (Å²) in [5.74, 6) is 6.45. The van der Waals surface area contributed by atoms with E-state index in [0.29, 0.717) is 6.04 Å². The molecule has 1 aromatic heterocycles. The van der Waals surface area contributed by atoms with Crippen LogP contribution < -0.4 is 36.0 Å². The SMILES string of the molecule is NN(CCc1ccccc1)C1CCC(C(=O)Nc2ccncc2)CC1.[Cl-].[Cl-]. The summed E-state index contributed by atoms with van der Waals surface area (Å²) in [6.45, 7) is 0.850. The maximum atomic E-state index is 12.4. The molecule has 1 fully saturated rings. The van der Waals surface area contributed by atoms with Crippen molar-refractivity contribution >= 4 is 11.6 Å². The van der Waals surface area contributed by atoms with E-state index in [4.69, 9.17) is 5.84 Å². The third kappa shape index (κ3) is 7.11. The van der Waals surface area contributed by atoms with E-state index in [1.165, 1.54) is 5.56 Å². The van der Waals surface area contributed by atoms with Crippen molar-refractivity contribution in [2.75, 3.05) is 11.9 Å². The van der Waals surface area contributed by atoms with Gasteiger partial charge >= 0.3 is 0 Å². The molecule has 1 saturated carbocycles. The highest BCUT2D eigenvalue weighted by atomic mass is 35.5. The summed E-state index contributed by atoms with van der Waals surface area (Å²) in [5, 5.41) is 4.94. The fraction of sp³-hybridized carbons (Fsp3) is 0.400. The van der Waals surface area contributed by atoms with Gasteiger partial charge in [-0.05, 0) is 49.8 Å². The molecule has 0 atom stereocenters. The minimum atomic E-state index is 0. The number of rotatable bonds is 6. The molecular weight excluding hydrogens is 383 g/mol. The van der Waals surface area contributed by atoms with E-state index in [1.54, 1.807) is 12.4 Å². The molecule has 1 aliphatic rings. The number of nitrogens with two attached hydrogens (primary N) is 1. The van der Waals surface area contributed by atoms with Gasteiger partial charge in [0, 0.05) is 36.6 Å². The van der Waals surface area contributed by atoms with Crippen molar-refractivity contribution in [1.29, 1.82) is 0 Å². The number of aromatic nitrogens is 1. The molecule has 1 heterocycles. The Morgan fingerprint density at radius 3 is 2.30 bits per heavy atom. The Hall–Kier alpha value is -1.66. The van der Waals surface area contributed by atoms with Crippen LogP contribution in [0.25, 0.3) is 0 Å². The lowest BCUT2D eigenvalue weighted by Gasteiger charge is -2.33. The maximum Gasteiger partial charge on any atom is 0.227 e. The third-order valence-electron chi connectivity index (χ3n) is 4.99. The Labute approximate surface area is 173 Å². The van der Waals surface area contributed by atoms with Crippen molar-refractivity contribution < 1.29 is 29.6 Å². The number of hydrogen-bond acceptors (Lipinski definition) is 4. The summed E-state index contributed by atoms with van der Waals surface area (Å²) in [7, 11) is 0. The summed E-state index contributed by atoms with van der Waals surface area (Å²) in [6.07, 6.45) is 8.05. The van der Waals surface area contributed by atoms with E-state index >= 15 is 0 Å². The van der Waals surface area contributed by atoms with Crippen LogP contribution in [-0.2, 0) is 11.2 Å². The van der Waals surface area contributed by atoms with E-state index < -0.39 is 0 Å². The average molecular weight is 409 g/mol. The van der Waals surface area contributed by atoms with Crippen LogP contribution in [0.1, 0.15) is 31.2 Å². The van der Waals surface area contributed by atoms with Gasteiger partial charge in [0.1, 0.15) is 0 Å². The Kier molecular flexibility index (Phi) is 10.3. The second kappa shape index (κ2) is 11.9. The molecule has 0 saturated heterocycles. The Balaban J connectivity index is 0.00000182. The molecule has 0 bridgehead atoms. The minimum absolute atomic E-state index is 0. The topological polar surface area (TPSA) is 71.2 Å². The van der Waals surface area contributed by atoms with Gasteiger partial charge in [-0.25, -0.2) is 5.01 Å². The largest absolute Gasteiger partial charge is 1.00 e. The monoisotopic (exact) mass is 408 g/mol. The molecule has 1 aromatic carbocycles. The van der Waals surface area contributed by atoms with Gasteiger partial charge in [-0.3, -0.25) is 15.6 Å². The van der Waals surface area contributed by atoms with Gasteiger partial charge in [-0.2, -0.15) is 0 Å². The molecule has 0 aliphatic heterocycles. The highest BCUT2D eigenvalue weighted by molar-refractivity contribution is 5.92. The van der Waals surface area contributed by atoms with Crippen molar-refractivity contribution in [3.05, 3.63) is 60.4 Å². The second-order valence-electron chi connectivity index (χ2n) is 6.70. The number of anilines is 1. The molecule has 0 unspecified atom stereocenters. The summed E-state index contributed by atoms with van der Waals surface area (Å²) >= 11 is 0. The number of pyridine rings is 1. The Morgan fingerprint density at radius 2 is 1.67 bits per heavy atom. The van der Waals surface area contributed by atoms with Crippen LogP contribution in [0.15, 0.2) is 54.9 Å². The number of halogens is 2. The summed E-state index contributed by atoms with van der Waals surface area (Å²) in [4.78, 5) is 16.3. The van der Waals surface area contributed by atoms with E-state index in [0.717, 1.165) is 44.3 Å². The Morgan fingerprint density at radius 1 is 1.04 bits per heavy atom. The first-order valence-corrected chi connectivity index (χ1v) is 8.98. The highest BCUT2D eigenvalue weighted by Crippen LogP contribution is 2.27. The van der Waals surface area contributed by atoms with Crippen LogP contribution in [0, 0.1) is 5.92 Å². The summed E-state index contributed by atoms with van der Waals surface area (Å²) in [6, 6.07) is 14.4. The highest BCUT2D eigenvalue weighted by Gasteiger charge is 2.28. The third-order valence-corrected chi connectivity index (χ3v) is 4.99. The standard InChI is InChI=1S/C20H26N4O.2ClH/c21-24(15-12-16-4-2-1-3-5-16)19-8-6-17(7-9-19)20(25)23-18-10-13-22-14-11-18;;/h1-5,10-11,13-14,17,19H,6-9,12,15,21H2,(H,22,23,25);2*1H/p-2. The van der Waals surface area contributed by atoms with Crippen molar-refractivity contribution in [2.45, 2.75) is 38.1 Å². The second-order valence-corrected chi connectivity index (χ2v) is 6.70. The first-order chi connectivity index (χ1) is 12.2. The van der Waals surface area contributed by atoms with E-state index in [1.807, 2.05) is 23.2 Å². The predicted octanol–water partition coefficient (Wildman–Crippen LogP) is -2.99. The zero-order valence-electron chi connectivity index (χ0n) is 15.2. The molecule has 0 spiro atoms. The molecule has 3 rings (SSSR count). The van der Waals surface area contributed by atoms with E-state index in [2.05, 4.69) is 34.6 Å². The number of carbonyl (C=O) groups excluding carboxylic acids is 1. The fourth-order valence-electron chi connectivity index (χ4n) is 3.43. The van der Waals surface area contributed by atoms with Crippen LogP contribution in [0.4, 0.5) is 5.69 Å². The first-order valence-electron chi connectivity index (χ1n) is 8.98. The summed E-state index contributed by atoms with van der Waals surface area (Å²) in [5.41, 5.74) is 2.12. The molecule has 2 aromatic rings. The summed E-state index contributed by atoms with van der Waals surface area (Å²) < 4.78 is 0. The van der Waals surface area contributed by atoms with Crippen molar-refractivity contribution in [2.24, 2.45) is 11.8 Å². The lowest BCUT2D eigenvalue weighted by atomic mass is 9.85. The molecule has 1 amide bonds. The molecule has 5 nitrogen and oxygen atoms in total. The minimum Gasteiger partial charge on any atom is -1.00 e. The molecular formula is C20H26Cl2N4O-2. The molecule has 7 heteroatoms. The van der Waals surface area contributed by atoms with E-state index in [-0.39, 0.29) is 36.6 Å². The smallest absolute Gasteiger partial charge is 0.227 e. The normalized spacial score (nSPS) is 18.9. The lowest BCUT2D eigenvalue weighted by molar-refractivity contribution is -0.121. The molecule has 148 valence electrons. The van der Waals surface area contributed by atoms with Crippen LogP contribution in [0.3, 0.4) is 0 Å². The maximum absolute atomic E-state index is 12.4. The number of amides is 1. The van der Waals surface area contributed by atoms with Gasteiger partial charge < -0.3 is 30.1 Å². The lowest BCUT2D eigenvalue weighted by Crippen LogP contribution is -3.00. The number of hydrogen-bond donors (Lipinski definition) is 2. The number of nitrogens with zero attached hydrogens (tertiary/aromatic N) is 2. The molecule has 1 aliphatic carbocycles. The van der Waals surface area contributed by atoms with Crippen molar-refractivity contribution in [1.82, 2.24) is 9.99 Å². The molecule has 27 heavy (non-hydrogen) atoms. The van der Waals surface area contributed by atoms with Gasteiger partial charge in [0.15, 0.2) is 0 Å². The number of nitrogens with one attached hydrogen (secondary N) is 1. The Bertz CT molecular complexity index is 664. The van der Waals surface area contributed by atoms with Gasteiger partial charge in [0.2, 0.25) is 5.91 Å². The number of carbonyl (C=O) groups is 1. The first kappa shape index (κ1) is 23.4. The van der Waals surface area contributed by atoms with Crippen LogP contribution in [0.2, 0.25) is 0 Å². The van der Waals surface area contributed by atoms with E-state index in [9.17, 15) is 4.79 Å². The zero-order chi connectivity index (χ0) is 17.5. The number of hydrazine groups is 1. The van der Waals surface area contributed by atoms with Crippen LogP contribution in [-0.4, -0.2) is 28.5 Å². The molecule has 0 radical (unpaired) electrons. The van der Waals surface area contributed by atoms with Crippen molar-refractivity contribution in [3.63, 3.8) is 0 Å². The van der Waals surface area contributed by atoms with Gasteiger partial charge in [0.25, 0.3) is 0 Å².